The zero-order valence-corrected chi connectivity index (χ0v) is 17.7. The molecular weight excluding hydrogens is 385 g/mol. The zero-order chi connectivity index (χ0) is 20.5. The number of thioether (sulfide) groups is 1. The fraction of sp³-hybridized carbons (Fsp3) is 0.304. The van der Waals surface area contributed by atoms with Gasteiger partial charge >= 0.3 is 0 Å². The number of anilines is 1. The summed E-state index contributed by atoms with van der Waals surface area (Å²) in [6, 6.07) is 13.1. The number of piperazine rings is 1. The Labute approximate surface area is 175 Å². The molecule has 0 aromatic heterocycles. The Morgan fingerprint density at radius 1 is 1.00 bits per heavy atom. The van der Waals surface area contributed by atoms with Gasteiger partial charge in [0.15, 0.2) is 5.17 Å². The van der Waals surface area contributed by atoms with Gasteiger partial charge in [0.1, 0.15) is 5.82 Å². The molecule has 0 bridgehead atoms. The van der Waals surface area contributed by atoms with Crippen LogP contribution in [0.15, 0.2) is 52.4 Å². The van der Waals surface area contributed by atoms with Gasteiger partial charge in [-0.15, -0.1) is 0 Å². The molecule has 2 aromatic carbocycles. The Morgan fingerprint density at radius 3 is 2.38 bits per heavy atom. The quantitative estimate of drug-likeness (QED) is 0.678. The van der Waals surface area contributed by atoms with Gasteiger partial charge in [0.2, 0.25) is 0 Å². The summed E-state index contributed by atoms with van der Waals surface area (Å²) in [5.74, 6) is -0.366. The third-order valence-corrected chi connectivity index (χ3v) is 6.83. The van der Waals surface area contributed by atoms with Crippen molar-refractivity contribution in [3.63, 3.8) is 0 Å². The molecule has 150 valence electrons. The number of carbonyl (C=O) groups excluding carboxylic acids is 1. The van der Waals surface area contributed by atoms with Crippen molar-refractivity contribution >= 4 is 34.1 Å². The molecule has 2 aromatic rings. The van der Waals surface area contributed by atoms with Crippen molar-refractivity contribution in [2.75, 3.05) is 31.1 Å². The first-order valence-corrected chi connectivity index (χ1v) is 10.6. The fourth-order valence-electron chi connectivity index (χ4n) is 3.62. The lowest BCUT2D eigenvalue weighted by Gasteiger charge is -2.36. The fourth-order valence-corrected chi connectivity index (χ4v) is 4.65. The molecule has 0 radical (unpaired) electrons. The molecule has 0 spiro atoms. The second kappa shape index (κ2) is 8.03. The van der Waals surface area contributed by atoms with E-state index in [0.29, 0.717) is 36.8 Å². The van der Waals surface area contributed by atoms with Gasteiger partial charge in [-0.1, -0.05) is 30.3 Å². The Morgan fingerprint density at radius 2 is 1.69 bits per heavy atom. The summed E-state index contributed by atoms with van der Waals surface area (Å²) >= 11 is 1.45. The molecule has 6 heteroatoms. The Bertz CT molecular complexity index is 1020. The molecule has 29 heavy (non-hydrogen) atoms. The molecule has 0 unspecified atom stereocenters. The van der Waals surface area contributed by atoms with Crippen LogP contribution >= 0.6 is 11.8 Å². The summed E-state index contributed by atoms with van der Waals surface area (Å²) in [7, 11) is 0. The van der Waals surface area contributed by atoms with E-state index in [1.54, 1.807) is 6.07 Å². The monoisotopic (exact) mass is 409 g/mol. The largest absolute Gasteiger partial charge is 0.366 e. The summed E-state index contributed by atoms with van der Waals surface area (Å²) in [5.41, 5.74) is 5.11. The van der Waals surface area contributed by atoms with Crippen LogP contribution in [0.3, 0.4) is 0 Å². The van der Waals surface area contributed by atoms with Crippen molar-refractivity contribution in [2.24, 2.45) is 4.99 Å². The molecule has 2 aliphatic rings. The lowest BCUT2D eigenvalue weighted by molar-refractivity contribution is -0.113. The highest BCUT2D eigenvalue weighted by Crippen LogP contribution is 2.35. The van der Waals surface area contributed by atoms with Gasteiger partial charge in [0.25, 0.3) is 5.91 Å². The van der Waals surface area contributed by atoms with Crippen LogP contribution in [-0.4, -0.2) is 42.2 Å². The number of aliphatic imine (C=N–C) groups is 1. The van der Waals surface area contributed by atoms with Crippen LogP contribution in [0.2, 0.25) is 0 Å². The third-order valence-electron chi connectivity index (χ3n) is 5.61. The van der Waals surface area contributed by atoms with E-state index < -0.39 is 0 Å². The first-order valence-electron chi connectivity index (χ1n) is 9.78. The van der Waals surface area contributed by atoms with Crippen molar-refractivity contribution in [3.8, 4) is 0 Å². The van der Waals surface area contributed by atoms with Gasteiger partial charge in [0.05, 0.1) is 10.6 Å². The number of aryl methyl sites for hydroxylation is 2. The Balaban J connectivity index is 1.46. The summed E-state index contributed by atoms with van der Waals surface area (Å²) in [5, 5.41) is 0.751. The molecule has 2 aliphatic heterocycles. The molecule has 1 amide bonds. The van der Waals surface area contributed by atoms with Gasteiger partial charge in [-0.05, 0) is 66.9 Å². The van der Waals surface area contributed by atoms with Gasteiger partial charge in [0, 0.05) is 26.2 Å². The molecule has 4 nitrogen and oxygen atoms in total. The van der Waals surface area contributed by atoms with Crippen LogP contribution in [0, 0.1) is 19.7 Å². The molecule has 0 aliphatic carbocycles. The first-order chi connectivity index (χ1) is 13.9. The molecule has 0 saturated carbocycles. The standard InChI is InChI=1S/C23H24FN3OS/c1-15-8-9-18(14-16(15)2)17(3)21-22(28)25-23(29-21)27-12-10-26(11-13-27)20-7-5-4-6-19(20)24/h4-9,14H,10-13H2,1-3H3/b21-17-. The maximum absolute atomic E-state index is 14.0. The summed E-state index contributed by atoms with van der Waals surface area (Å²) in [6.07, 6.45) is 0. The van der Waals surface area contributed by atoms with Crippen molar-refractivity contribution in [1.82, 2.24) is 4.90 Å². The van der Waals surface area contributed by atoms with Crippen LogP contribution in [0.1, 0.15) is 23.6 Å². The maximum Gasteiger partial charge on any atom is 0.286 e. The van der Waals surface area contributed by atoms with Crippen molar-refractivity contribution in [2.45, 2.75) is 20.8 Å². The van der Waals surface area contributed by atoms with Gasteiger partial charge in [-0.2, -0.15) is 4.99 Å². The van der Waals surface area contributed by atoms with E-state index in [0.717, 1.165) is 16.3 Å². The number of rotatable bonds is 2. The molecule has 0 N–H and O–H groups in total. The second-order valence-corrected chi connectivity index (χ2v) is 8.46. The lowest BCUT2D eigenvalue weighted by Crippen LogP contribution is -2.48. The predicted molar refractivity (Wildman–Crippen MR) is 119 cm³/mol. The number of nitrogens with zero attached hydrogens (tertiary/aromatic N) is 3. The van der Waals surface area contributed by atoms with E-state index >= 15 is 0 Å². The molecule has 2 heterocycles. The predicted octanol–water partition coefficient (Wildman–Crippen LogP) is 4.63. The normalized spacial score (nSPS) is 18.9. The number of hydrogen-bond donors (Lipinski definition) is 0. The number of allylic oxidation sites excluding steroid dienone is 1. The number of carbonyl (C=O) groups is 1. The van der Waals surface area contributed by atoms with Crippen LogP contribution in [0.4, 0.5) is 10.1 Å². The summed E-state index contributed by atoms with van der Waals surface area (Å²) in [4.78, 5) is 21.7. The molecule has 1 fully saturated rings. The Kier molecular flexibility index (Phi) is 5.46. The van der Waals surface area contributed by atoms with Gasteiger partial charge in [-0.25, -0.2) is 4.39 Å². The van der Waals surface area contributed by atoms with Crippen molar-refractivity contribution < 1.29 is 9.18 Å². The summed E-state index contributed by atoms with van der Waals surface area (Å²) in [6.45, 7) is 8.97. The highest BCUT2D eigenvalue weighted by Gasteiger charge is 2.30. The lowest BCUT2D eigenvalue weighted by atomic mass is 10.0. The molecule has 1 saturated heterocycles. The van der Waals surface area contributed by atoms with Crippen LogP contribution in [0.5, 0.6) is 0 Å². The topological polar surface area (TPSA) is 35.9 Å². The maximum atomic E-state index is 14.0. The molecule has 0 atom stereocenters. The highest BCUT2D eigenvalue weighted by molar-refractivity contribution is 8.18. The minimum absolute atomic E-state index is 0.169. The minimum atomic E-state index is -0.196. The molecular formula is C23H24FN3OS. The molecule has 4 rings (SSSR count). The minimum Gasteiger partial charge on any atom is -0.366 e. The van der Waals surface area contributed by atoms with Gasteiger partial charge in [-0.3, -0.25) is 4.79 Å². The number of benzene rings is 2. The Hall–Kier alpha value is -2.60. The smallest absolute Gasteiger partial charge is 0.286 e. The van der Waals surface area contributed by atoms with Gasteiger partial charge < -0.3 is 9.80 Å². The number of para-hydroxylation sites is 1. The van der Waals surface area contributed by atoms with E-state index in [-0.39, 0.29) is 11.7 Å². The average Bonchev–Trinajstić information content (AvgIpc) is 3.12. The van der Waals surface area contributed by atoms with Crippen LogP contribution in [0.25, 0.3) is 5.57 Å². The number of amidine groups is 1. The number of amides is 1. The number of hydrogen-bond acceptors (Lipinski definition) is 4. The second-order valence-electron chi connectivity index (χ2n) is 7.48. The van der Waals surface area contributed by atoms with E-state index in [2.05, 4.69) is 41.9 Å². The van der Waals surface area contributed by atoms with E-state index in [1.165, 1.54) is 29.0 Å². The zero-order valence-electron chi connectivity index (χ0n) is 16.9. The SMILES string of the molecule is C/C(=C1/SC(N2CCN(c3ccccc3F)CC2)=NC1=O)c1ccc(C)c(C)c1. The van der Waals surface area contributed by atoms with Crippen LogP contribution in [-0.2, 0) is 4.79 Å². The van der Waals surface area contributed by atoms with E-state index in [4.69, 9.17) is 0 Å². The van der Waals surface area contributed by atoms with E-state index in [9.17, 15) is 9.18 Å². The summed E-state index contributed by atoms with van der Waals surface area (Å²) < 4.78 is 14.0. The third kappa shape index (κ3) is 3.94. The number of halogens is 1. The highest BCUT2D eigenvalue weighted by atomic mass is 32.2. The van der Waals surface area contributed by atoms with E-state index in [1.807, 2.05) is 24.0 Å². The van der Waals surface area contributed by atoms with Crippen molar-refractivity contribution in [1.29, 1.82) is 0 Å². The average molecular weight is 410 g/mol. The van der Waals surface area contributed by atoms with Crippen LogP contribution < -0.4 is 4.90 Å². The van der Waals surface area contributed by atoms with Crippen molar-refractivity contribution in [3.05, 3.63) is 69.9 Å². The first kappa shape index (κ1) is 19.7.